The lowest BCUT2D eigenvalue weighted by Crippen LogP contribution is -2.37. The summed E-state index contributed by atoms with van der Waals surface area (Å²) in [5.74, 6) is 2.03. The van der Waals surface area contributed by atoms with Crippen LogP contribution in [0.2, 0.25) is 0 Å². The number of carbonyl (C=O) groups excluding carboxylic acids is 1. The average molecular weight is 292 g/mol. The van der Waals surface area contributed by atoms with E-state index in [4.69, 9.17) is 4.74 Å². The number of anilines is 1. The molecule has 1 aliphatic heterocycles. The van der Waals surface area contributed by atoms with Crippen LogP contribution in [0.1, 0.15) is 37.2 Å². The molecule has 1 aliphatic rings. The zero-order valence-electron chi connectivity index (χ0n) is 13.1. The summed E-state index contributed by atoms with van der Waals surface area (Å²) in [5.41, 5.74) is 1.02. The Hall–Kier alpha value is -1.69. The zero-order valence-corrected chi connectivity index (χ0v) is 13.1. The smallest absolute Gasteiger partial charge is 0.219 e. The van der Waals surface area contributed by atoms with Crippen molar-refractivity contribution in [1.82, 2.24) is 14.9 Å². The molecule has 116 valence electrons. The topological polar surface area (TPSA) is 67.3 Å². The molecule has 1 saturated heterocycles. The van der Waals surface area contributed by atoms with Gasteiger partial charge in [0.1, 0.15) is 11.6 Å². The van der Waals surface area contributed by atoms with Gasteiger partial charge in [-0.3, -0.25) is 4.79 Å². The Bertz CT molecular complexity index is 493. The van der Waals surface area contributed by atoms with Crippen LogP contribution in [0.25, 0.3) is 0 Å². The Morgan fingerprint density at radius 2 is 2.33 bits per heavy atom. The number of carbonyl (C=O) groups is 1. The van der Waals surface area contributed by atoms with Crippen molar-refractivity contribution in [3.63, 3.8) is 0 Å². The number of nitrogens with zero attached hydrogens (tertiary/aromatic N) is 3. The van der Waals surface area contributed by atoms with Crippen molar-refractivity contribution in [3.05, 3.63) is 17.6 Å². The summed E-state index contributed by atoms with van der Waals surface area (Å²) in [6, 6.07) is 2.00. The van der Waals surface area contributed by atoms with Gasteiger partial charge in [-0.05, 0) is 19.8 Å². The first-order valence-corrected chi connectivity index (χ1v) is 7.44. The lowest BCUT2D eigenvalue weighted by atomic mass is 9.94. The van der Waals surface area contributed by atoms with Crippen LogP contribution in [0.15, 0.2) is 6.07 Å². The molecule has 1 aromatic heterocycles. The van der Waals surface area contributed by atoms with Crippen molar-refractivity contribution in [1.29, 1.82) is 0 Å². The monoisotopic (exact) mass is 292 g/mol. The Morgan fingerprint density at radius 3 is 3.05 bits per heavy atom. The van der Waals surface area contributed by atoms with E-state index < -0.39 is 0 Å². The van der Waals surface area contributed by atoms with Crippen molar-refractivity contribution in [3.8, 4) is 0 Å². The molecule has 1 fully saturated rings. The number of methoxy groups -OCH3 is 1. The van der Waals surface area contributed by atoms with Crippen molar-refractivity contribution >= 4 is 11.7 Å². The van der Waals surface area contributed by atoms with E-state index in [0.29, 0.717) is 12.5 Å². The van der Waals surface area contributed by atoms with Gasteiger partial charge in [0.2, 0.25) is 5.91 Å². The van der Waals surface area contributed by atoms with Crippen LogP contribution in [0.4, 0.5) is 5.82 Å². The molecule has 0 spiro atoms. The molecule has 0 aliphatic carbocycles. The Balaban J connectivity index is 2.09. The maximum atomic E-state index is 11.6. The van der Waals surface area contributed by atoms with Gasteiger partial charge in [-0.25, -0.2) is 9.97 Å². The summed E-state index contributed by atoms with van der Waals surface area (Å²) in [7, 11) is 1.68. The van der Waals surface area contributed by atoms with Crippen LogP contribution in [0, 0.1) is 6.92 Å². The largest absolute Gasteiger partial charge is 0.383 e. The fourth-order valence-electron chi connectivity index (χ4n) is 2.68. The third kappa shape index (κ3) is 4.39. The number of amides is 1. The van der Waals surface area contributed by atoms with Gasteiger partial charge in [-0.2, -0.15) is 0 Å². The molecule has 6 heteroatoms. The summed E-state index contributed by atoms with van der Waals surface area (Å²) in [4.78, 5) is 22.4. The molecule has 0 bridgehead atoms. The number of aromatic nitrogens is 2. The number of aryl methyl sites for hydroxylation is 1. The Morgan fingerprint density at radius 1 is 1.52 bits per heavy atom. The van der Waals surface area contributed by atoms with E-state index in [9.17, 15) is 4.79 Å². The molecule has 0 aromatic carbocycles. The van der Waals surface area contributed by atoms with Crippen molar-refractivity contribution < 1.29 is 9.53 Å². The molecule has 2 rings (SSSR count). The summed E-state index contributed by atoms with van der Waals surface area (Å²) >= 11 is 0. The van der Waals surface area contributed by atoms with Crippen LogP contribution >= 0.6 is 0 Å². The van der Waals surface area contributed by atoms with Gasteiger partial charge < -0.3 is 15.0 Å². The van der Waals surface area contributed by atoms with E-state index in [1.165, 1.54) is 0 Å². The summed E-state index contributed by atoms with van der Waals surface area (Å²) in [5, 5.41) is 3.24. The average Bonchev–Trinajstić information content (AvgIpc) is 2.47. The number of hydrogen-bond acceptors (Lipinski definition) is 5. The van der Waals surface area contributed by atoms with E-state index in [1.54, 1.807) is 14.0 Å². The first-order valence-electron chi connectivity index (χ1n) is 7.44. The predicted molar refractivity (Wildman–Crippen MR) is 81.4 cm³/mol. The minimum atomic E-state index is 0.143. The third-order valence-corrected chi connectivity index (χ3v) is 3.76. The van der Waals surface area contributed by atoms with Crippen LogP contribution in [0.3, 0.4) is 0 Å². The molecule has 1 N–H and O–H groups in total. The van der Waals surface area contributed by atoms with Gasteiger partial charge in [0.05, 0.1) is 12.3 Å². The number of ether oxygens (including phenoxy) is 1. The molecule has 6 nitrogen and oxygen atoms in total. The minimum Gasteiger partial charge on any atom is -0.383 e. The van der Waals surface area contributed by atoms with E-state index in [1.807, 2.05) is 17.9 Å². The van der Waals surface area contributed by atoms with E-state index in [0.717, 1.165) is 49.8 Å². The summed E-state index contributed by atoms with van der Waals surface area (Å²) < 4.78 is 5.03. The van der Waals surface area contributed by atoms with Gasteiger partial charge in [-0.15, -0.1) is 0 Å². The molecule has 2 heterocycles. The quantitative estimate of drug-likeness (QED) is 0.834. The first kappa shape index (κ1) is 15.7. The summed E-state index contributed by atoms with van der Waals surface area (Å²) in [6.45, 7) is 6.50. The van der Waals surface area contributed by atoms with Gasteiger partial charge in [0.25, 0.3) is 0 Å². The van der Waals surface area contributed by atoms with Crippen molar-refractivity contribution in [2.24, 2.45) is 0 Å². The lowest BCUT2D eigenvalue weighted by molar-refractivity contribution is -0.130. The number of hydrogen-bond donors (Lipinski definition) is 1. The van der Waals surface area contributed by atoms with E-state index in [2.05, 4.69) is 15.3 Å². The predicted octanol–water partition coefficient (Wildman–Crippen LogP) is 1.57. The highest BCUT2D eigenvalue weighted by Crippen LogP contribution is 2.26. The standard InChI is InChI=1S/C15H24N4O2/c1-11-17-14(9-15(18-11)16-6-8-21-3)13-5-4-7-19(10-13)12(2)20/h9,13H,4-8,10H2,1-3H3,(H,16,17,18)/t13-/m1/s1. The Labute approximate surface area is 125 Å². The molecule has 1 aromatic rings. The molecule has 1 amide bonds. The van der Waals surface area contributed by atoms with E-state index >= 15 is 0 Å². The van der Waals surface area contributed by atoms with Crippen molar-refractivity contribution in [2.45, 2.75) is 32.6 Å². The molecule has 0 saturated carbocycles. The van der Waals surface area contributed by atoms with E-state index in [-0.39, 0.29) is 5.91 Å². The second-order valence-electron chi connectivity index (χ2n) is 5.45. The second kappa shape index (κ2) is 7.36. The molecular formula is C15H24N4O2. The van der Waals surface area contributed by atoms with Gasteiger partial charge >= 0.3 is 0 Å². The Kier molecular flexibility index (Phi) is 5.50. The highest BCUT2D eigenvalue weighted by atomic mass is 16.5. The maximum Gasteiger partial charge on any atom is 0.219 e. The fourth-order valence-corrected chi connectivity index (χ4v) is 2.68. The number of rotatable bonds is 5. The highest BCUT2D eigenvalue weighted by molar-refractivity contribution is 5.73. The van der Waals surface area contributed by atoms with Gasteiger partial charge in [0, 0.05) is 45.7 Å². The van der Waals surface area contributed by atoms with Crippen LogP contribution in [-0.2, 0) is 9.53 Å². The number of likely N-dealkylation sites (tertiary alicyclic amines) is 1. The van der Waals surface area contributed by atoms with Crippen molar-refractivity contribution in [2.75, 3.05) is 38.7 Å². The first-order chi connectivity index (χ1) is 10.1. The van der Waals surface area contributed by atoms with Gasteiger partial charge in [0.15, 0.2) is 0 Å². The maximum absolute atomic E-state index is 11.6. The fraction of sp³-hybridized carbons (Fsp3) is 0.667. The molecule has 0 unspecified atom stereocenters. The number of nitrogens with one attached hydrogen (secondary N) is 1. The molecule has 0 radical (unpaired) electrons. The summed E-state index contributed by atoms with van der Waals surface area (Å²) in [6.07, 6.45) is 2.09. The second-order valence-corrected chi connectivity index (χ2v) is 5.45. The third-order valence-electron chi connectivity index (χ3n) is 3.76. The molecular weight excluding hydrogens is 268 g/mol. The van der Waals surface area contributed by atoms with Crippen LogP contribution < -0.4 is 5.32 Å². The molecule has 21 heavy (non-hydrogen) atoms. The number of piperidine rings is 1. The van der Waals surface area contributed by atoms with Gasteiger partial charge in [-0.1, -0.05) is 0 Å². The normalized spacial score (nSPS) is 18.6. The lowest BCUT2D eigenvalue weighted by Gasteiger charge is -2.31. The zero-order chi connectivity index (χ0) is 15.2. The SMILES string of the molecule is COCCNc1cc([C@@H]2CCCN(C(C)=O)C2)nc(C)n1. The van der Waals surface area contributed by atoms with Crippen LogP contribution in [0.5, 0.6) is 0 Å². The minimum absolute atomic E-state index is 0.143. The highest BCUT2D eigenvalue weighted by Gasteiger charge is 2.24. The molecule has 1 atom stereocenters. The van der Waals surface area contributed by atoms with Crippen LogP contribution in [-0.4, -0.2) is 54.1 Å².